The first-order valence-electron chi connectivity index (χ1n) is 5.27. The smallest absolute Gasteiger partial charge is 0.130 e. The Morgan fingerprint density at radius 3 is 2.40 bits per heavy atom. The molecule has 82 valence electrons. The molecule has 0 aliphatic heterocycles. The summed E-state index contributed by atoms with van der Waals surface area (Å²) in [5.74, 6) is 0.196. The summed E-state index contributed by atoms with van der Waals surface area (Å²) in [4.78, 5) is 0. The molecule has 1 nitrogen and oxygen atoms in total. The van der Waals surface area contributed by atoms with E-state index in [0.29, 0.717) is 6.42 Å². The molecule has 0 amide bonds. The van der Waals surface area contributed by atoms with Gasteiger partial charge in [0.05, 0.1) is 0 Å². The fourth-order valence-electron chi connectivity index (χ4n) is 1.93. The summed E-state index contributed by atoms with van der Waals surface area (Å²) < 4.78 is 15.5. The van der Waals surface area contributed by atoms with Crippen LogP contribution in [0.3, 0.4) is 0 Å². The number of nitrogens with two attached hydrogens (primary N) is 1. The molecule has 0 spiro atoms. The molecule has 1 aliphatic carbocycles. The quantitative estimate of drug-likeness (QED) is 0.849. The van der Waals surface area contributed by atoms with E-state index in [-0.39, 0.29) is 12.5 Å². The SMILES string of the molecule is NCC(F)(Cc1ccc(I)cc1)C1CC1. The Bertz CT molecular complexity index is 334. The minimum absolute atomic E-state index is 0.143. The van der Waals surface area contributed by atoms with Crippen molar-refractivity contribution in [3.05, 3.63) is 33.4 Å². The van der Waals surface area contributed by atoms with Gasteiger partial charge in [-0.3, -0.25) is 0 Å². The van der Waals surface area contributed by atoms with Crippen LogP contribution in [-0.4, -0.2) is 12.2 Å². The number of rotatable bonds is 4. The highest BCUT2D eigenvalue weighted by molar-refractivity contribution is 14.1. The zero-order valence-corrected chi connectivity index (χ0v) is 10.7. The highest BCUT2D eigenvalue weighted by atomic mass is 127. The van der Waals surface area contributed by atoms with E-state index in [9.17, 15) is 4.39 Å². The van der Waals surface area contributed by atoms with Crippen LogP contribution in [0.2, 0.25) is 0 Å². The lowest BCUT2D eigenvalue weighted by Crippen LogP contribution is -2.37. The molecule has 2 N–H and O–H groups in total. The van der Waals surface area contributed by atoms with Gasteiger partial charge in [-0.2, -0.15) is 0 Å². The van der Waals surface area contributed by atoms with Crippen molar-refractivity contribution in [3.63, 3.8) is 0 Å². The number of halogens is 2. The van der Waals surface area contributed by atoms with Crippen LogP contribution in [0.25, 0.3) is 0 Å². The number of benzene rings is 1. The largest absolute Gasteiger partial charge is 0.328 e. The molecule has 0 heterocycles. The predicted molar refractivity (Wildman–Crippen MR) is 68.5 cm³/mol. The molecule has 0 radical (unpaired) electrons. The van der Waals surface area contributed by atoms with Gasteiger partial charge >= 0.3 is 0 Å². The Balaban J connectivity index is 2.09. The van der Waals surface area contributed by atoms with Crippen molar-refractivity contribution in [3.8, 4) is 0 Å². The van der Waals surface area contributed by atoms with E-state index in [1.807, 2.05) is 24.3 Å². The van der Waals surface area contributed by atoms with Gasteiger partial charge < -0.3 is 5.73 Å². The van der Waals surface area contributed by atoms with Gasteiger partial charge in [-0.1, -0.05) is 12.1 Å². The maximum absolute atomic E-state index is 14.4. The van der Waals surface area contributed by atoms with Gasteiger partial charge in [0, 0.05) is 16.5 Å². The zero-order valence-electron chi connectivity index (χ0n) is 8.55. The summed E-state index contributed by atoms with van der Waals surface area (Å²) in [6.45, 7) is 0.143. The summed E-state index contributed by atoms with van der Waals surface area (Å²) in [7, 11) is 0. The van der Waals surface area contributed by atoms with Crippen molar-refractivity contribution in [1.82, 2.24) is 0 Å². The van der Waals surface area contributed by atoms with Gasteiger partial charge in [0.25, 0.3) is 0 Å². The first-order valence-corrected chi connectivity index (χ1v) is 6.35. The fraction of sp³-hybridized carbons (Fsp3) is 0.500. The first kappa shape index (κ1) is 11.3. The Kier molecular flexibility index (Phi) is 3.30. The number of alkyl halides is 1. The Hall–Kier alpha value is -0.160. The second-order valence-electron chi connectivity index (χ2n) is 4.32. The number of hydrogen-bond donors (Lipinski definition) is 1. The molecule has 0 aromatic heterocycles. The Morgan fingerprint density at radius 1 is 1.33 bits per heavy atom. The van der Waals surface area contributed by atoms with E-state index in [4.69, 9.17) is 5.73 Å². The highest BCUT2D eigenvalue weighted by Gasteiger charge is 2.44. The fourth-order valence-corrected chi connectivity index (χ4v) is 2.29. The summed E-state index contributed by atoms with van der Waals surface area (Å²) in [5.41, 5.74) is 5.43. The average Bonchev–Trinajstić information content (AvgIpc) is 3.05. The molecule has 0 saturated heterocycles. The van der Waals surface area contributed by atoms with Crippen LogP contribution < -0.4 is 5.73 Å². The van der Waals surface area contributed by atoms with Crippen molar-refractivity contribution >= 4 is 22.6 Å². The monoisotopic (exact) mass is 319 g/mol. The Morgan fingerprint density at radius 2 is 1.93 bits per heavy atom. The van der Waals surface area contributed by atoms with Gasteiger partial charge in [0.2, 0.25) is 0 Å². The molecule has 1 unspecified atom stereocenters. The lowest BCUT2D eigenvalue weighted by Gasteiger charge is -2.23. The lowest BCUT2D eigenvalue weighted by atomic mass is 9.92. The second-order valence-corrected chi connectivity index (χ2v) is 5.56. The van der Waals surface area contributed by atoms with E-state index < -0.39 is 5.67 Å². The normalized spacial score (nSPS) is 19.9. The van der Waals surface area contributed by atoms with E-state index >= 15 is 0 Å². The van der Waals surface area contributed by atoms with Gasteiger partial charge in [-0.15, -0.1) is 0 Å². The highest BCUT2D eigenvalue weighted by Crippen LogP contribution is 2.43. The standard InChI is InChI=1S/C12H15FIN/c13-12(8-15,10-3-4-10)7-9-1-5-11(14)6-2-9/h1-2,5-6,10H,3-4,7-8,15H2. The maximum Gasteiger partial charge on any atom is 0.130 e. The lowest BCUT2D eigenvalue weighted by molar-refractivity contribution is 0.142. The molecule has 1 saturated carbocycles. The van der Waals surface area contributed by atoms with Gasteiger partial charge in [0.15, 0.2) is 0 Å². The van der Waals surface area contributed by atoms with Crippen LogP contribution >= 0.6 is 22.6 Å². The minimum Gasteiger partial charge on any atom is -0.328 e. The third kappa shape index (κ3) is 2.69. The van der Waals surface area contributed by atoms with Gasteiger partial charge in [-0.05, 0) is 59.0 Å². The van der Waals surface area contributed by atoms with Gasteiger partial charge in [-0.25, -0.2) is 4.39 Å². The van der Waals surface area contributed by atoms with Crippen LogP contribution in [0.4, 0.5) is 4.39 Å². The van der Waals surface area contributed by atoms with E-state index in [0.717, 1.165) is 18.4 Å². The van der Waals surface area contributed by atoms with Crippen LogP contribution in [0, 0.1) is 9.49 Å². The van der Waals surface area contributed by atoms with Gasteiger partial charge in [0.1, 0.15) is 5.67 Å². The minimum atomic E-state index is -1.17. The first-order chi connectivity index (χ1) is 7.14. The average molecular weight is 319 g/mol. The molecule has 3 heteroatoms. The van der Waals surface area contributed by atoms with Crippen molar-refractivity contribution in [2.24, 2.45) is 11.7 Å². The molecule has 1 aromatic carbocycles. The predicted octanol–water partition coefficient (Wildman–Crippen LogP) is 2.91. The van der Waals surface area contributed by atoms with E-state index in [2.05, 4.69) is 22.6 Å². The van der Waals surface area contributed by atoms with Crippen molar-refractivity contribution in [1.29, 1.82) is 0 Å². The van der Waals surface area contributed by atoms with Crippen LogP contribution in [-0.2, 0) is 6.42 Å². The molecule has 2 rings (SSSR count). The molecule has 0 bridgehead atoms. The number of hydrogen-bond acceptors (Lipinski definition) is 1. The zero-order chi connectivity index (χ0) is 10.9. The molecular weight excluding hydrogens is 304 g/mol. The van der Waals surface area contributed by atoms with E-state index in [1.165, 1.54) is 3.57 Å². The summed E-state index contributed by atoms with van der Waals surface area (Å²) in [5, 5.41) is 0. The topological polar surface area (TPSA) is 26.0 Å². The molecule has 1 aromatic rings. The molecule has 15 heavy (non-hydrogen) atoms. The summed E-state index contributed by atoms with van der Waals surface area (Å²) >= 11 is 2.25. The Labute approximate surface area is 103 Å². The third-order valence-electron chi connectivity index (χ3n) is 3.06. The molecular formula is C12H15FIN. The van der Waals surface area contributed by atoms with Crippen molar-refractivity contribution in [2.45, 2.75) is 24.9 Å². The summed E-state index contributed by atoms with van der Waals surface area (Å²) in [6.07, 6.45) is 2.46. The molecule has 1 fully saturated rings. The van der Waals surface area contributed by atoms with Crippen LogP contribution in [0.15, 0.2) is 24.3 Å². The summed E-state index contributed by atoms with van der Waals surface area (Å²) in [6, 6.07) is 8.02. The second kappa shape index (κ2) is 4.37. The third-order valence-corrected chi connectivity index (χ3v) is 3.78. The maximum atomic E-state index is 14.4. The van der Waals surface area contributed by atoms with Crippen molar-refractivity contribution < 1.29 is 4.39 Å². The van der Waals surface area contributed by atoms with Crippen LogP contribution in [0.1, 0.15) is 18.4 Å². The molecule has 1 aliphatic rings. The van der Waals surface area contributed by atoms with Crippen LogP contribution in [0.5, 0.6) is 0 Å². The van der Waals surface area contributed by atoms with Crippen molar-refractivity contribution in [2.75, 3.05) is 6.54 Å². The van der Waals surface area contributed by atoms with E-state index in [1.54, 1.807) is 0 Å². The molecule has 1 atom stereocenters.